The number of hydrazone groups is 1. The number of ether oxygens (including phenoxy) is 1. The van der Waals surface area contributed by atoms with E-state index in [1.807, 2.05) is 37.3 Å². The molecule has 2 amide bonds. The van der Waals surface area contributed by atoms with Gasteiger partial charge in [-0.25, -0.2) is 4.39 Å². The van der Waals surface area contributed by atoms with Gasteiger partial charge in [-0.2, -0.15) is 5.01 Å². The lowest BCUT2D eigenvalue weighted by Gasteiger charge is -2.33. The summed E-state index contributed by atoms with van der Waals surface area (Å²) in [5.74, 6) is -0.739. The molecule has 0 unspecified atom stereocenters. The Morgan fingerprint density at radius 2 is 1.75 bits per heavy atom. The van der Waals surface area contributed by atoms with Crippen LogP contribution in [-0.2, 0) is 15.3 Å². The molecule has 4 rings (SSSR count). The van der Waals surface area contributed by atoms with Gasteiger partial charge in [0, 0.05) is 35.7 Å². The van der Waals surface area contributed by atoms with Crippen molar-refractivity contribution in [3.63, 3.8) is 0 Å². The molecule has 0 aromatic heterocycles. The predicted octanol–water partition coefficient (Wildman–Crippen LogP) is 4.88. The number of amides is 2. The van der Waals surface area contributed by atoms with Gasteiger partial charge in [-0.15, -0.1) is 5.10 Å². The topological polar surface area (TPSA) is 71.0 Å². The van der Waals surface area contributed by atoms with Crippen LogP contribution in [0.3, 0.4) is 0 Å². The largest absolute Gasteiger partial charge is 0.443 e. The smallest absolute Gasteiger partial charge is 0.255 e. The van der Waals surface area contributed by atoms with Crippen molar-refractivity contribution in [3.8, 4) is 0 Å². The summed E-state index contributed by atoms with van der Waals surface area (Å²) in [7, 11) is 0. The van der Waals surface area contributed by atoms with Crippen molar-refractivity contribution in [3.05, 3.63) is 101 Å². The van der Waals surface area contributed by atoms with E-state index in [9.17, 15) is 14.0 Å². The van der Waals surface area contributed by atoms with Gasteiger partial charge >= 0.3 is 0 Å². The van der Waals surface area contributed by atoms with Gasteiger partial charge in [-0.1, -0.05) is 43.3 Å². The Morgan fingerprint density at radius 1 is 1.03 bits per heavy atom. The molecule has 1 N–H and O–H groups in total. The first-order valence-electron chi connectivity index (χ1n) is 10.2. The van der Waals surface area contributed by atoms with Crippen LogP contribution in [0.1, 0.15) is 41.8 Å². The van der Waals surface area contributed by atoms with Crippen molar-refractivity contribution in [2.45, 2.75) is 26.0 Å². The van der Waals surface area contributed by atoms with Crippen LogP contribution in [0.25, 0.3) is 0 Å². The summed E-state index contributed by atoms with van der Waals surface area (Å²) in [5, 5.41) is 8.62. The van der Waals surface area contributed by atoms with Gasteiger partial charge in [-0.3, -0.25) is 9.59 Å². The molecule has 32 heavy (non-hydrogen) atoms. The van der Waals surface area contributed by atoms with Crippen molar-refractivity contribution in [1.29, 1.82) is 0 Å². The molecule has 0 saturated carbocycles. The molecule has 3 aromatic carbocycles. The summed E-state index contributed by atoms with van der Waals surface area (Å²) in [5.41, 5.74) is 1.24. The number of nitrogens with zero attached hydrogens (tertiary/aromatic N) is 2. The second-order valence-electron chi connectivity index (χ2n) is 7.38. The quantitative estimate of drug-likeness (QED) is 0.626. The number of carbonyl (C=O) groups excluding carboxylic acids is 2. The highest BCUT2D eigenvalue weighted by Crippen LogP contribution is 2.39. The van der Waals surface area contributed by atoms with E-state index in [1.54, 1.807) is 24.3 Å². The van der Waals surface area contributed by atoms with Crippen molar-refractivity contribution in [1.82, 2.24) is 5.01 Å². The first-order valence-corrected chi connectivity index (χ1v) is 10.2. The molecule has 3 aromatic rings. The number of benzene rings is 3. The van der Waals surface area contributed by atoms with E-state index in [1.165, 1.54) is 36.2 Å². The van der Waals surface area contributed by atoms with Crippen molar-refractivity contribution < 1.29 is 18.7 Å². The third kappa shape index (κ3) is 3.97. The normalized spacial score (nSPS) is 17.5. The third-order valence-electron chi connectivity index (χ3n) is 5.27. The van der Waals surface area contributed by atoms with Gasteiger partial charge in [0.25, 0.3) is 5.91 Å². The predicted molar refractivity (Wildman–Crippen MR) is 119 cm³/mol. The number of carbonyl (C=O) groups is 2. The van der Waals surface area contributed by atoms with Gasteiger partial charge < -0.3 is 10.1 Å². The molecule has 0 spiro atoms. The fourth-order valence-corrected chi connectivity index (χ4v) is 3.68. The number of hydrogen-bond acceptors (Lipinski definition) is 4. The highest BCUT2D eigenvalue weighted by molar-refractivity contribution is 6.05. The van der Waals surface area contributed by atoms with Crippen molar-refractivity contribution in [2.75, 3.05) is 5.32 Å². The molecular formula is C25H22FN3O3. The Hall–Kier alpha value is -4.00. The molecule has 0 aliphatic carbocycles. The first-order chi connectivity index (χ1) is 15.4. The van der Waals surface area contributed by atoms with Crippen molar-refractivity contribution in [2.24, 2.45) is 5.10 Å². The maximum absolute atomic E-state index is 13.1. The average Bonchev–Trinajstić information content (AvgIpc) is 3.22. The molecule has 1 heterocycles. The van der Waals surface area contributed by atoms with Crippen LogP contribution in [0, 0.1) is 5.82 Å². The number of rotatable bonds is 5. The van der Waals surface area contributed by atoms with E-state index in [-0.39, 0.29) is 17.7 Å². The lowest BCUT2D eigenvalue weighted by molar-refractivity contribution is -0.149. The summed E-state index contributed by atoms with van der Waals surface area (Å²) >= 11 is 0. The Bertz CT molecular complexity index is 1180. The highest BCUT2D eigenvalue weighted by Gasteiger charge is 2.47. The molecular weight excluding hydrogens is 409 g/mol. The Kier molecular flexibility index (Phi) is 5.73. The minimum absolute atomic E-state index is 0.244. The first kappa shape index (κ1) is 21.2. The SMILES string of the molecule is CC[C@@]1(c2ccccc2)OC(c2cccc(NC(=O)c3ccc(F)cc3)c2)=NN1C(C)=O. The van der Waals surface area contributed by atoms with Crippen molar-refractivity contribution >= 4 is 23.4 Å². The zero-order valence-electron chi connectivity index (χ0n) is 17.7. The Labute approximate surface area is 185 Å². The van der Waals surface area contributed by atoms with Gasteiger partial charge in [0.15, 0.2) is 0 Å². The minimum Gasteiger partial charge on any atom is -0.443 e. The standard InChI is InChI=1S/C25H22FN3O3/c1-3-25(20-9-5-4-6-10-20)29(17(2)30)28-24(32-25)19-8-7-11-22(16-19)27-23(31)18-12-14-21(26)15-13-18/h4-16H,3H2,1-2H3,(H,27,31)/t25-/m0/s1. The fourth-order valence-electron chi connectivity index (χ4n) is 3.68. The number of nitrogens with one attached hydrogen (secondary N) is 1. The molecule has 6 nitrogen and oxygen atoms in total. The summed E-state index contributed by atoms with van der Waals surface area (Å²) in [6.45, 7) is 3.38. The van der Waals surface area contributed by atoms with Crippen LogP contribution in [0.4, 0.5) is 10.1 Å². The zero-order chi connectivity index (χ0) is 22.7. The second kappa shape index (κ2) is 8.63. The summed E-state index contributed by atoms with van der Waals surface area (Å²) in [4.78, 5) is 24.9. The molecule has 0 fully saturated rings. The molecule has 7 heteroatoms. The molecule has 0 radical (unpaired) electrons. The molecule has 162 valence electrons. The monoisotopic (exact) mass is 431 g/mol. The van der Waals surface area contributed by atoms with Crippen LogP contribution >= 0.6 is 0 Å². The van der Waals surface area contributed by atoms with Gasteiger partial charge in [0.1, 0.15) is 5.82 Å². The summed E-state index contributed by atoms with van der Waals surface area (Å²) in [6.07, 6.45) is 0.491. The molecule has 1 atom stereocenters. The van der Waals surface area contributed by atoms with E-state index >= 15 is 0 Å². The van der Waals surface area contributed by atoms with Crippen LogP contribution in [0.5, 0.6) is 0 Å². The van der Waals surface area contributed by atoms with Crippen LogP contribution in [-0.4, -0.2) is 22.7 Å². The summed E-state index contributed by atoms with van der Waals surface area (Å²) < 4.78 is 19.4. The Balaban J connectivity index is 1.62. The Morgan fingerprint density at radius 3 is 2.41 bits per heavy atom. The fraction of sp³-hybridized carbons (Fsp3) is 0.160. The minimum atomic E-state index is -1.05. The zero-order valence-corrected chi connectivity index (χ0v) is 17.7. The molecule has 1 aliphatic heterocycles. The molecule has 0 bridgehead atoms. The van der Waals surface area contributed by atoms with Gasteiger partial charge in [-0.05, 0) is 42.5 Å². The van der Waals surface area contributed by atoms with E-state index < -0.39 is 11.5 Å². The van der Waals surface area contributed by atoms with E-state index in [0.717, 1.165) is 5.56 Å². The maximum atomic E-state index is 13.1. The third-order valence-corrected chi connectivity index (χ3v) is 5.27. The summed E-state index contributed by atoms with van der Waals surface area (Å²) in [6, 6.07) is 21.8. The molecule has 0 saturated heterocycles. The number of anilines is 1. The van der Waals surface area contributed by atoms with E-state index in [4.69, 9.17) is 4.74 Å². The molecule has 1 aliphatic rings. The average molecular weight is 431 g/mol. The van der Waals surface area contributed by atoms with Gasteiger partial charge in [0.2, 0.25) is 17.5 Å². The van der Waals surface area contributed by atoms with Gasteiger partial charge in [0.05, 0.1) is 0 Å². The van der Waals surface area contributed by atoms with E-state index in [0.29, 0.717) is 23.2 Å². The highest BCUT2D eigenvalue weighted by atomic mass is 19.1. The number of hydrogen-bond donors (Lipinski definition) is 1. The maximum Gasteiger partial charge on any atom is 0.255 e. The van der Waals surface area contributed by atoms with Crippen LogP contribution < -0.4 is 5.32 Å². The second-order valence-corrected chi connectivity index (χ2v) is 7.38. The lowest BCUT2D eigenvalue weighted by atomic mass is 9.99. The van der Waals surface area contributed by atoms with Crippen LogP contribution in [0.15, 0.2) is 84.0 Å². The van der Waals surface area contributed by atoms with E-state index in [2.05, 4.69) is 10.4 Å². The van der Waals surface area contributed by atoms with Crippen LogP contribution in [0.2, 0.25) is 0 Å². The number of halogens is 1. The lowest BCUT2D eigenvalue weighted by Crippen LogP contribution is -2.43.